The summed E-state index contributed by atoms with van der Waals surface area (Å²) in [4.78, 5) is 12.4. The SMILES string of the molecule is CC1(CNC(=O)c2ccn(C3CCCNC3)n2)CCCCCC1. The lowest BCUT2D eigenvalue weighted by atomic mass is 9.82. The number of hydrogen-bond acceptors (Lipinski definition) is 3. The van der Waals surface area contributed by atoms with E-state index in [9.17, 15) is 4.79 Å². The summed E-state index contributed by atoms with van der Waals surface area (Å²) in [6.45, 7) is 5.11. The van der Waals surface area contributed by atoms with E-state index >= 15 is 0 Å². The van der Waals surface area contributed by atoms with Gasteiger partial charge in [-0.25, -0.2) is 0 Å². The molecule has 128 valence electrons. The first-order valence-corrected chi connectivity index (χ1v) is 9.20. The van der Waals surface area contributed by atoms with E-state index in [-0.39, 0.29) is 11.3 Å². The number of hydrogen-bond donors (Lipinski definition) is 2. The minimum atomic E-state index is -0.0296. The van der Waals surface area contributed by atoms with Gasteiger partial charge in [-0.3, -0.25) is 9.48 Å². The molecule has 2 N–H and O–H groups in total. The first-order chi connectivity index (χ1) is 11.2. The minimum Gasteiger partial charge on any atom is -0.350 e. The van der Waals surface area contributed by atoms with Crippen LogP contribution in [0.3, 0.4) is 0 Å². The fraction of sp³-hybridized carbons (Fsp3) is 0.778. The standard InChI is InChI=1S/C18H30N4O/c1-18(9-4-2-3-5-10-18)14-20-17(23)16-8-12-22(21-16)15-7-6-11-19-13-15/h8,12,15,19H,2-7,9-11,13-14H2,1H3,(H,20,23). The highest BCUT2D eigenvalue weighted by atomic mass is 16.1. The normalized spacial score (nSPS) is 24.8. The molecule has 0 bridgehead atoms. The van der Waals surface area contributed by atoms with Gasteiger partial charge in [0.25, 0.3) is 5.91 Å². The average Bonchev–Trinajstić information content (AvgIpc) is 2.97. The van der Waals surface area contributed by atoms with Crippen molar-refractivity contribution in [2.75, 3.05) is 19.6 Å². The third-order valence-electron chi connectivity index (χ3n) is 5.47. The monoisotopic (exact) mass is 318 g/mol. The molecule has 1 aromatic heterocycles. The lowest BCUT2D eigenvalue weighted by Gasteiger charge is -2.28. The van der Waals surface area contributed by atoms with E-state index in [1.807, 2.05) is 16.9 Å². The molecule has 0 radical (unpaired) electrons. The number of carbonyl (C=O) groups excluding carboxylic acids is 1. The third-order valence-corrected chi connectivity index (χ3v) is 5.47. The number of rotatable bonds is 4. The molecule has 2 heterocycles. The van der Waals surface area contributed by atoms with Gasteiger partial charge in [0.05, 0.1) is 6.04 Å². The summed E-state index contributed by atoms with van der Waals surface area (Å²) in [6.07, 6.45) is 11.9. The molecule has 0 spiro atoms. The van der Waals surface area contributed by atoms with Crippen LogP contribution in [0.25, 0.3) is 0 Å². The smallest absolute Gasteiger partial charge is 0.271 e. The Balaban J connectivity index is 1.54. The second-order valence-electron chi connectivity index (χ2n) is 7.59. The Bertz CT molecular complexity index is 511. The van der Waals surface area contributed by atoms with Crippen LogP contribution in [0, 0.1) is 5.41 Å². The molecule has 1 unspecified atom stereocenters. The van der Waals surface area contributed by atoms with Crippen LogP contribution < -0.4 is 10.6 Å². The van der Waals surface area contributed by atoms with Crippen molar-refractivity contribution in [2.24, 2.45) is 5.41 Å². The van der Waals surface area contributed by atoms with Gasteiger partial charge in [-0.2, -0.15) is 5.10 Å². The molecule has 1 saturated heterocycles. The van der Waals surface area contributed by atoms with E-state index in [1.54, 1.807) is 0 Å². The Morgan fingerprint density at radius 1 is 1.35 bits per heavy atom. The van der Waals surface area contributed by atoms with Gasteiger partial charge in [-0.15, -0.1) is 0 Å². The maximum atomic E-state index is 12.4. The zero-order valence-electron chi connectivity index (χ0n) is 14.3. The Morgan fingerprint density at radius 3 is 2.83 bits per heavy atom. The van der Waals surface area contributed by atoms with Crippen LogP contribution in [0.5, 0.6) is 0 Å². The van der Waals surface area contributed by atoms with Gasteiger partial charge in [0, 0.05) is 19.3 Å². The van der Waals surface area contributed by atoms with Gasteiger partial charge in [-0.1, -0.05) is 32.6 Å². The molecule has 2 fully saturated rings. The van der Waals surface area contributed by atoms with Crippen molar-refractivity contribution in [1.29, 1.82) is 0 Å². The molecule has 1 aliphatic carbocycles. The molecule has 1 saturated carbocycles. The fourth-order valence-corrected chi connectivity index (χ4v) is 3.86. The van der Waals surface area contributed by atoms with E-state index in [1.165, 1.54) is 44.9 Å². The van der Waals surface area contributed by atoms with Gasteiger partial charge < -0.3 is 10.6 Å². The number of amides is 1. The summed E-state index contributed by atoms with van der Waals surface area (Å²) in [5.41, 5.74) is 0.801. The largest absolute Gasteiger partial charge is 0.350 e. The zero-order chi connectivity index (χ0) is 16.1. The van der Waals surface area contributed by atoms with Gasteiger partial charge >= 0.3 is 0 Å². The van der Waals surface area contributed by atoms with Crippen molar-refractivity contribution in [3.05, 3.63) is 18.0 Å². The number of nitrogens with one attached hydrogen (secondary N) is 2. The molecule has 1 atom stereocenters. The summed E-state index contributed by atoms with van der Waals surface area (Å²) < 4.78 is 1.95. The van der Waals surface area contributed by atoms with E-state index in [0.29, 0.717) is 11.7 Å². The van der Waals surface area contributed by atoms with Crippen LogP contribution in [0.2, 0.25) is 0 Å². The zero-order valence-corrected chi connectivity index (χ0v) is 14.3. The van der Waals surface area contributed by atoms with Crippen LogP contribution in [-0.4, -0.2) is 35.3 Å². The molecule has 2 aliphatic rings. The van der Waals surface area contributed by atoms with Crippen molar-refractivity contribution >= 4 is 5.91 Å². The van der Waals surface area contributed by atoms with Crippen LogP contribution in [0.1, 0.15) is 74.8 Å². The van der Waals surface area contributed by atoms with Crippen LogP contribution in [0.4, 0.5) is 0 Å². The highest BCUT2D eigenvalue weighted by molar-refractivity contribution is 5.92. The Labute approximate surface area is 139 Å². The second kappa shape index (κ2) is 7.47. The quantitative estimate of drug-likeness (QED) is 0.839. The number of piperidine rings is 1. The van der Waals surface area contributed by atoms with Crippen LogP contribution in [0.15, 0.2) is 12.3 Å². The van der Waals surface area contributed by atoms with E-state index < -0.39 is 0 Å². The molecular formula is C18H30N4O. The van der Waals surface area contributed by atoms with Gasteiger partial charge in [0.1, 0.15) is 5.69 Å². The lowest BCUT2D eigenvalue weighted by Crippen LogP contribution is -2.36. The maximum absolute atomic E-state index is 12.4. The predicted octanol–water partition coefficient (Wildman–Crippen LogP) is 2.90. The van der Waals surface area contributed by atoms with Crippen LogP contribution in [-0.2, 0) is 0 Å². The molecule has 3 rings (SSSR count). The van der Waals surface area contributed by atoms with E-state index in [4.69, 9.17) is 0 Å². The molecule has 5 heteroatoms. The first-order valence-electron chi connectivity index (χ1n) is 9.20. The van der Waals surface area contributed by atoms with Crippen molar-refractivity contribution in [2.45, 2.75) is 64.3 Å². The Morgan fingerprint density at radius 2 is 2.13 bits per heavy atom. The van der Waals surface area contributed by atoms with E-state index in [0.717, 1.165) is 26.1 Å². The summed E-state index contributed by atoms with van der Waals surface area (Å²) in [5.74, 6) is -0.0296. The topological polar surface area (TPSA) is 59.0 Å². The highest BCUT2D eigenvalue weighted by Crippen LogP contribution is 2.33. The second-order valence-corrected chi connectivity index (χ2v) is 7.59. The summed E-state index contributed by atoms with van der Waals surface area (Å²) >= 11 is 0. The number of carbonyl (C=O) groups is 1. The van der Waals surface area contributed by atoms with Crippen LogP contribution >= 0.6 is 0 Å². The van der Waals surface area contributed by atoms with Crippen molar-refractivity contribution < 1.29 is 4.79 Å². The summed E-state index contributed by atoms with van der Waals surface area (Å²) in [6, 6.07) is 2.23. The number of aromatic nitrogens is 2. The molecule has 1 amide bonds. The average molecular weight is 318 g/mol. The van der Waals surface area contributed by atoms with Crippen molar-refractivity contribution in [3.63, 3.8) is 0 Å². The number of nitrogens with zero attached hydrogens (tertiary/aromatic N) is 2. The molecule has 23 heavy (non-hydrogen) atoms. The lowest BCUT2D eigenvalue weighted by molar-refractivity contribution is 0.0922. The third kappa shape index (κ3) is 4.34. The predicted molar refractivity (Wildman–Crippen MR) is 91.5 cm³/mol. The molecule has 5 nitrogen and oxygen atoms in total. The first kappa shape index (κ1) is 16.5. The van der Waals surface area contributed by atoms with Gasteiger partial charge in [0.15, 0.2) is 0 Å². The Hall–Kier alpha value is -1.36. The minimum absolute atomic E-state index is 0.0296. The highest BCUT2D eigenvalue weighted by Gasteiger charge is 2.26. The van der Waals surface area contributed by atoms with Crippen molar-refractivity contribution in [3.8, 4) is 0 Å². The molecule has 1 aromatic rings. The van der Waals surface area contributed by atoms with Gasteiger partial charge in [0.2, 0.25) is 0 Å². The molecule has 1 aliphatic heterocycles. The summed E-state index contributed by atoms with van der Waals surface area (Å²) in [7, 11) is 0. The summed E-state index contributed by atoms with van der Waals surface area (Å²) in [5, 5.41) is 11.0. The van der Waals surface area contributed by atoms with Gasteiger partial charge in [-0.05, 0) is 43.7 Å². The fourth-order valence-electron chi connectivity index (χ4n) is 3.86. The van der Waals surface area contributed by atoms with E-state index in [2.05, 4.69) is 22.7 Å². The Kier molecular flexibility index (Phi) is 5.36. The van der Waals surface area contributed by atoms with Crippen molar-refractivity contribution in [1.82, 2.24) is 20.4 Å². The maximum Gasteiger partial charge on any atom is 0.271 e. The molecule has 0 aromatic carbocycles. The molecular weight excluding hydrogens is 288 g/mol.